The first kappa shape index (κ1) is 13.5. The van der Waals surface area contributed by atoms with Gasteiger partial charge in [0.25, 0.3) is 0 Å². The molecule has 3 nitrogen and oxygen atoms in total. The Hall–Kier alpha value is -0.570. The van der Waals surface area contributed by atoms with Crippen LogP contribution in [0, 0.1) is 5.92 Å². The average Bonchev–Trinajstić information content (AvgIpc) is 2.29. The minimum absolute atomic E-state index is 0.0974. The zero-order valence-corrected chi connectivity index (χ0v) is 10.8. The summed E-state index contributed by atoms with van der Waals surface area (Å²) in [4.78, 5) is 11.5. The van der Waals surface area contributed by atoms with Gasteiger partial charge in [-0.2, -0.15) is 0 Å². The van der Waals surface area contributed by atoms with E-state index in [0.29, 0.717) is 12.6 Å². The summed E-state index contributed by atoms with van der Waals surface area (Å²) in [5, 5.41) is 3.16. The van der Waals surface area contributed by atoms with Gasteiger partial charge in [-0.05, 0) is 44.9 Å². The van der Waals surface area contributed by atoms with Gasteiger partial charge in [0.15, 0.2) is 0 Å². The molecular weight excluding hydrogens is 202 g/mol. The van der Waals surface area contributed by atoms with E-state index in [9.17, 15) is 4.79 Å². The van der Waals surface area contributed by atoms with Crippen molar-refractivity contribution < 1.29 is 9.53 Å². The van der Waals surface area contributed by atoms with Gasteiger partial charge in [0.1, 0.15) is 6.10 Å². The van der Waals surface area contributed by atoms with Crippen LogP contribution in [-0.2, 0) is 9.53 Å². The van der Waals surface area contributed by atoms with Gasteiger partial charge < -0.3 is 10.1 Å². The summed E-state index contributed by atoms with van der Waals surface area (Å²) in [5.41, 5.74) is 0. The van der Waals surface area contributed by atoms with Gasteiger partial charge in [-0.3, -0.25) is 4.79 Å². The number of nitrogens with one attached hydrogen (secondary N) is 1. The average molecular weight is 227 g/mol. The molecule has 1 aliphatic carbocycles. The van der Waals surface area contributed by atoms with Crippen LogP contribution in [0.3, 0.4) is 0 Å². The Labute approximate surface area is 98.9 Å². The van der Waals surface area contributed by atoms with E-state index in [1.165, 1.54) is 12.8 Å². The molecule has 0 spiro atoms. The van der Waals surface area contributed by atoms with Crippen molar-refractivity contribution in [1.82, 2.24) is 5.32 Å². The van der Waals surface area contributed by atoms with E-state index in [0.717, 1.165) is 25.2 Å². The van der Waals surface area contributed by atoms with Crippen molar-refractivity contribution >= 4 is 5.97 Å². The van der Waals surface area contributed by atoms with Crippen LogP contribution in [0.2, 0.25) is 0 Å². The van der Waals surface area contributed by atoms with Gasteiger partial charge in [0, 0.05) is 6.04 Å². The Balaban J connectivity index is 2.14. The summed E-state index contributed by atoms with van der Waals surface area (Å²) in [6.07, 6.45) is 5.66. The number of carbonyl (C=O) groups excluding carboxylic acids is 1. The minimum Gasteiger partial charge on any atom is -0.461 e. The molecule has 94 valence electrons. The highest BCUT2D eigenvalue weighted by Crippen LogP contribution is 2.25. The van der Waals surface area contributed by atoms with Gasteiger partial charge in [-0.25, -0.2) is 0 Å². The summed E-state index contributed by atoms with van der Waals surface area (Å²) in [6.45, 7) is 6.80. The molecule has 1 atom stereocenters. The maximum atomic E-state index is 11.5. The van der Waals surface area contributed by atoms with Crippen LogP contribution in [-0.4, -0.2) is 24.7 Å². The van der Waals surface area contributed by atoms with Gasteiger partial charge in [-0.15, -0.1) is 0 Å². The quantitative estimate of drug-likeness (QED) is 0.733. The number of carbonyl (C=O) groups is 1. The molecule has 0 radical (unpaired) electrons. The first-order valence-electron chi connectivity index (χ1n) is 6.54. The zero-order valence-electron chi connectivity index (χ0n) is 10.8. The predicted octanol–water partition coefficient (Wildman–Crippen LogP) is 2.50. The fraction of sp³-hybridized carbons (Fsp3) is 0.923. The van der Waals surface area contributed by atoms with E-state index in [2.05, 4.69) is 26.1 Å². The van der Waals surface area contributed by atoms with Crippen molar-refractivity contribution in [2.75, 3.05) is 6.54 Å². The van der Waals surface area contributed by atoms with Crippen LogP contribution in [0.5, 0.6) is 0 Å². The number of hydrogen-bond acceptors (Lipinski definition) is 3. The van der Waals surface area contributed by atoms with E-state index in [-0.39, 0.29) is 12.1 Å². The van der Waals surface area contributed by atoms with Crippen LogP contribution in [0.15, 0.2) is 0 Å². The monoisotopic (exact) mass is 227 g/mol. The largest absolute Gasteiger partial charge is 0.461 e. The molecule has 0 amide bonds. The number of esters is 1. The normalized spacial score (nSPS) is 27.4. The van der Waals surface area contributed by atoms with Crippen molar-refractivity contribution in [3.05, 3.63) is 0 Å². The molecular formula is C13H25NO2. The summed E-state index contributed by atoms with van der Waals surface area (Å²) < 4.78 is 5.43. The maximum Gasteiger partial charge on any atom is 0.320 e. The Morgan fingerprint density at radius 3 is 2.56 bits per heavy atom. The lowest BCUT2D eigenvalue weighted by Gasteiger charge is -2.26. The summed E-state index contributed by atoms with van der Waals surface area (Å²) in [5.74, 6) is 0.702. The van der Waals surface area contributed by atoms with Crippen molar-refractivity contribution in [3.8, 4) is 0 Å². The topological polar surface area (TPSA) is 38.3 Å². The molecule has 1 fully saturated rings. The summed E-state index contributed by atoms with van der Waals surface area (Å²) >= 11 is 0. The van der Waals surface area contributed by atoms with Crippen LogP contribution in [0.1, 0.15) is 52.9 Å². The standard InChI is InChI=1S/C13H25NO2/c1-4-11(3)14-9-13(15)16-12-7-5-10(2)6-8-12/h10-12,14H,4-9H2,1-3H3. The second-order valence-electron chi connectivity index (χ2n) is 5.06. The lowest BCUT2D eigenvalue weighted by molar-refractivity contribution is -0.149. The molecule has 0 aromatic heterocycles. The first-order chi connectivity index (χ1) is 7.61. The molecule has 0 aromatic carbocycles. The van der Waals surface area contributed by atoms with Gasteiger partial charge >= 0.3 is 5.97 Å². The highest BCUT2D eigenvalue weighted by Gasteiger charge is 2.21. The van der Waals surface area contributed by atoms with Crippen LogP contribution in [0.4, 0.5) is 0 Å². The second kappa shape index (κ2) is 6.89. The molecule has 0 bridgehead atoms. The molecule has 1 aliphatic rings. The van der Waals surface area contributed by atoms with E-state index in [4.69, 9.17) is 4.74 Å². The first-order valence-corrected chi connectivity index (χ1v) is 6.54. The molecule has 3 heteroatoms. The molecule has 1 rings (SSSR count). The maximum absolute atomic E-state index is 11.5. The Morgan fingerprint density at radius 1 is 1.38 bits per heavy atom. The zero-order chi connectivity index (χ0) is 12.0. The van der Waals surface area contributed by atoms with E-state index < -0.39 is 0 Å². The van der Waals surface area contributed by atoms with Crippen LogP contribution in [0.25, 0.3) is 0 Å². The minimum atomic E-state index is -0.0974. The molecule has 1 saturated carbocycles. The van der Waals surface area contributed by atoms with Crippen LogP contribution < -0.4 is 5.32 Å². The molecule has 0 aromatic rings. The Kier molecular flexibility index (Phi) is 5.81. The Morgan fingerprint density at radius 2 is 2.00 bits per heavy atom. The summed E-state index contributed by atoms with van der Waals surface area (Å²) in [6, 6.07) is 0.388. The fourth-order valence-corrected chi connectivity index (χ4v) is 1.98. The third-order valence-electron chi connectivity index (χ3n) is 3.47. The number of rotatable bonds is 5. The highest BCUT2D eigenvalue weighted by molar-refractivity contribution is 5.71. The number of hydrogen-bond donors (Lipinski definition) is 1. The van der Waals surface area contributed by atoms with E-state index in [1.807, 2.05) is 0 Å². The molecule has 1 N–H and O–H groups in total. The van der Waals surface area contributed by atoms with Gasteiger partial charge in [0.05, 0.1) is 6.54 Å². The van der Waals surface area contributed by atoms with E-state index in [1.54, 1.807) is 0 Å². The lowest BCUT2D eigenvalue weighted by Crippen LogP contribution is -2.34. The third-order valence-corrected chi connectivity index (χ3v) is 3.47. The lowest BCUT2D eigenvalue weighted by atomic mass is 9.89. The predicted molar refractivity (Wildman–Crippen MR) is 65.3 cm³/mol. The van der Waals surface area contributed by atoms with Crippen LogP contribution >= 0.6 is 0 Å². The van der Waals surface area contributed by atoms with Crippen molar-refractivity contribution in [1.29, 1.82) is 0 Å². The molecule has 0 saturated heterocycles. The second-order valence-corrected chi connectivity index (χ2v) is 5.06. The SMILES string of the molecule is CCC(C)NCC(=O)OC1CCC(C)CC1. The number of ether oxygens (including phenoxy) is 1. The van der Waals surface area contributed by atoms with Gasteiger partial charge in [-0.1, -0.05) is 13.8 Å². The van der Waals surface area contributed by atoms with Gasteiger partial charge in [0.2, 0.25) is 0 Å². The molecule has 1 unspecified atom stereocenters. The summed E-state index contributed by atoms with van der Waals surface area (Å²) in [7, 11) is 0. The van der Waals surface area contributed by atoms with E-state index >= 15 is 0 Å². The van der Waals surface area contributed by atoms with Crippen molar-refractivity contribution in [3.63, 3.8) is 0 Å². The van der Waals surface area contributed by atoms with Crippen molar-refractivity contribution in [2.24, 2.45) is 5.92 Å². The van der Waals surface area contributed by atoms with Crippen molar-refractivity contribution in [2.45, 2.75) is 65.0 Å². The molecule has 0 heterocycles. The molecule has 0 aliphatic heterocycles. The third kappa shape index (κ3) is 4.97. The Bertz CT molecular complexity index is 210. The fourth-order valence-electron chi connectivity index (χ4n) is 1.98. The highest BCUT2D eigenvalue weighted by atomic mass is 16.5. The molecule has 16 heavy (non-hydrogen) atoms. The smallest absolute Gasteiger partial charge is 0.320 e.